The van der Waals surface area contributed by atoms with E-state index in [1.54, 1.807) is 23.2 Å². The van der Waals surface area contributed by atoms with Crippen LogP contribution >= 0.6 is 0 Å². The molecule has 2 amide bonds. The third-order valence-electron chi connectivity index (χ3n) is 8.02. The van der Waals surface area contributed by atoms with Crippen LogP contribution in [0.2, 0.25) is 0 Å². The van der Waals surface area contributed by atoms with E-state index in [9.17, 15) is 14.7 Å². The fourth-order valence-electron chi connectivity index (χ4n) is 6.19. The number of amides is 2. The van der Waals surface area contributed by atoms with Crippen LogP contribution in [0.3, 0.4) is 0 Å². The third kappa shape index (κ3) is 3.90. The highest BCUT2D eigenvalue weighted by atomic mass is 16.5. The average Bonchev–Trinajstić information content (AvgIpc) is 3.28. The minimum atomic E-state index is -0.563. The van der Waals surface area contributed by atoms with Gasteiger partial charge in [0.25, 0.3) is 11.8 Å². The summed E-state index contributed by atoms with van der Waals surface area (Å²) in [4.78, 5) is 32.3. The molecule has 5 aliphatic rings. The Morgan fingerprint density at radius 2 is 2.08 bits per heavy atom. The second-order valence-electron chi connectivity index (χ2n) is 10.3. The fourth-order valence-corrected chi connectivity index (χ4v) is 6.19. The molecule has 0 saturated carbocycles. The van der Waals surface area contributed by atoms with Crippen LogP contribution < -0.4 is 14.8 Å². The number of hydrogen-bond donors (Lipinski definition) is 2. The first-order chi connectivity index (χ1) is 19.0. The zero-order valence-corrected chi connectivity index (χ0v) is 21.4. The molecule has 39 heavy (non-hydrogen) atoms. The Balaban J connectivity index is 1.11. The van der Waals surface area contributed by atoms with Crippen LogP contribution in [0.4, 0.5) is 11.4 Å². The Hall–Kier alpha value is -4.43. The molecule has 2 N–H and O–H groups in total. The average molecular weight is 522 g/mol. The molecule has 0 spiro atoms. The SMILES string of the molecule is COc1cc2c(cc1OCC(=O)Nc1ccc3c4c1C=CC1=CC=CC(=CC3)C14)N=CC1CC(O)CN1C2=O. The molecule has 3 aliphatic carbocycles. The van der Waals surface area contributed by atoms with Gasteiger partial charge in [0.05, 0.1) is 30.5 Å². The minimum absolute atomic E-state index is 0.207. The van der Waals surface area contributed by atoms with Crippen LogP contribution in [0, 0.1) is 0 Å². The van der Waals surface area contributed by atoms with Gasteiger partial charge in [-0.3, -0.25) is 14.6 Å². The number of methoxy groups -OCH3 is 1. The van der Waals surface area contributed by atoms with Crippen LogP contribution in [0.25, 0.3) is 6.08 Å². The van der Waals surface area contributed by atoms with Gasteiger partial charge < -0.3 is 24.8 Å². The molecular weight excluding hydrogens is 494 g/mol. The van der Waals surface area contributed by atoms with E-state index in [1.165, 1.54) is 29.4 Å². The summed E-state index contributed by atoms with van der Waals surface area (Å²) in [5.41, 5.74) is 7.69. The molecule has 1 fully saturated rings. The molecule has 2 heterocycles. The van der Waals surface area contributed by atoms with Gasteiger partial charge in [0, 0.05) is 42.4 Å². The van der Waals surface area contributed by atoms with E-state index < -0.39 is 6.10 Å². The molecule has 0 bridgehead atoms. The lowest BCUT2D eigenvalue weighted by molar-refractivity contribution is -0.118. The molecule has 1 saturated heterocycles. The maximum absolute atomic E-state index is 13.1. The molecule has 3 atom stereocenters. The number of hydrogen-bond acceptors (Lipinski definition) is 6. The number of rotatable bonds is 5. The first kappa shape index (κ1) is 23.7. The Morgan fingerprint density at radius 3 is 2.95 bits per heavy atom. The van der Waals surface area contributed by atoms with Gasteiger partial charge in [0.1, 0.15) is 0 Å². The zero-order chi connectivity index (χ0) is 26.7. The lowest BCUT2D eigenvalue weighted by atomic mass is 9.71. The monoisotopic (exact) mass is 521 g/mol. The van der Waals surface area contributed by atoms with Gasteiger partial charge in [-0.1, -0.05) is 42.5 Å². The number of nitrogens with zero attached hydrogens (tertiary/aromatic N) is 2. The maximum atomic E-state index is 13.1. The quantitative estimate of drug-likeness (QED) is 0.617. The largest absolute Gasteiger partial charge is 0.493 e. The second kappa shape index (κ2) is 9.10. The molecule has 2 aliphatic heterocycles. The van der Waals surface area contributed by atoms with Gasteiger partial charge >= 0.3 is 0 Å². The number of nitrogens with one attached hydrogen (secondary N) is 1. The number of benzene rings is 2. The van der Waals surface area contributed by atoms with Gasteiger partial charge in [0.2, 0.25) is 0 Å². The number of anilines is 1. The highest BCUT2D eigenvalue weighted by Crippen LogP contribution is 2.47. The standard InChI is InChI=1S/C31H27N3O5/c1-38-26-12-23-25(32-14-20-11-21(35)15-34(20)31(23)37)13-27(26)39-16-28(36)33-24-10-8-19-6-5-17-3-2-4-18-7-9-22(24)30(19)29(17)18/h2-5,7-10,12-14,20-21,29,35H,6,11,15-16H2,1H3,(H,33,36). The normalized spacial score (nSPS) is 23.3. The van der Waals surface area contributed by atoms with Crippen molar-refractivity contribution in [2.45, 2.75) is 30.9 Å². The first-order valence-corrected chi connectivity index (χ1v) is 13.1. The number of fused-ring (bicyclic) bond motifs is 2. The number of aliphatic imine (C=N–C) groups is 1. The van der Waals surface area contributed by atoms with Crippen molar-refractivity contribution in [1.82, 2.24) is 4.90 Å². The van der Waals surface area contributed by atoms with E-state index in [4.69, 9.17) is 9.47 Å². The molecule has 2 aromatic carbocycles. The first-order valence-electron chi connectivity index (χ1n) is 13.1. The molecule has 8 nitrogen and oxygen atoms in total. The molecule has 7 rings (SSSR count). The lowest BCUT2D eigenvalue weighted by Gasteiger charge is -2.34. The minimum Gasteiger partial charge on any atom is -0.493 e. The Bertz CT molecular complexity index is 1580. The summed E-state index contributed by atoms with van der Waals surface area (Å²) in [6, 6.07) is 7.00. The van der Waals surface area contributed by atoms with Crippen LogP contribution in [0.15, 0.2) is 70.8 Å². The molecule has 8 heteroatoms. The topological polar surface area (TPSA) is 100 Å². The highest BCUT2D eigenvalue weighted by molar-refractivity contribution is 6.03. The van der Waals surface area contributed by atoms with Crippen molar-refractivity contribution >= 4 is 35.5 Å². The Labute approximate surface area is 225 Å². The van der Waals surface area contributed by atoms with Gasteiger partial charge in [0.15, 0.2) is 18.1 Å². The van der Waals surface area contributed by atoms with Crippen molar-refractivity contribution in [1.29, 1.82) is 0 Å². The summed E-state index contributed by atoms with van der Waals surface area (Å²) >= 11 is 0. The number of aliphatic hydroxyl groups excluding tert-OH is 1. The van der Waals surface area contributed by atoms with Gasteiger partial charge in [-0.2, -0.15) is 0 Å². The van der Waals surface area contributed by atoms with Gasteiger partial charge in [-0.05, 0) is 40.8 Å². The van der Waals surface area contributed by atoms with Crippen molar-refractivity contribution in [3.05, 3.63) is 88.0 Å². The maximum Gasteiger partial charge on any atom is 0.262 e. The second-order valence-corrected chi connectivity index (χ2v) is 10.3. The van der Waals surface area contributed by atoms with Crippen LogP contribution in [-0.4, -0.2) is 60.4 Å². The molecule has 3 unspecified atom stereocenters. The summed E-state index contributed by atoms with van der Waals surface area (Å²) in [6.07, 6.45) is 15.3. The van der Waals surface area contributed by atoms with E-state index in [0.717, 1.165) is 17.7 Å². The van der Waals surface area contributed by atoms with Crippen molar-refractivity contribution in [2.75, 3.05) is 25.6 Å². The Kier molecular flexibility index (Phi) is 5.52. The third-order valence-corrected chi connectivity index (χ3v) is 8.02. The number of carbonyl (C=O) groups excluding carboxylic acids is 2. The van der Waals surface area contributed by atoms with Crippen molar-refractivity contribution < 1.29 is 24.2 Å². The zero-order valence-electron chi connectivity index (χ0n) is 21.4. The summed E-state index contributed by atoms with van der Waals surface area (Å²) in [5, 5.41) is 13.0. The predicted octanol–water partition coefficient (Wildman–Crippen LogP) is 4.09. The molecule has 2 aromatic rings. The summed E-state index contributed by atoms with van der Waals surface area (Å²) in [7, 11) is 1.48. The lowest BCUT2D eigenvalue weighted by Crippen LogP contribution is -2.35. The van der Waals surface area contributed by atoms with E-state index in [-0.39, 0.29) is 36.9 Å². The number of ether oxygens (including phenoxy) is 2. The van der Waals surface area contributed by atoms with E-state index in [1.807, 2.05) is 6.07 Å². The van der Waals surface area contributed by atoms with Crippen LogP contribution in [0.5, 0.6) is 11.5 Å². The van der Waals surface area contributed by atoms with Crippen molar-refractivity contribution in [3.63, 3.8) is 0 Å². The summed E-state index contributed by atoms with van der Waals surface area (Å²) in [5.74, 6) is 0.341. The fraction of sp³-hybridized carbons (Fsp3) is 0.258. The highest BCUT2D eigenvalue weighted by Gasteiger charge is 2.37. The van der Waals surface area contributed by atoms with E-state index >= 15 is 0 Å². The molecular formula is C31H27N3O5. The number of aliphatic hydroxyl groups is 1. The van der Waals surface area contributed by atoms with Crippen LogP contribution in [0.1, 0.15) is 39.4 Å². The number of allylic oxidation sites excluding steroid dienone is 7. The van der Waals surface area contributed by atoms with Crippen molar-refractivity contribution in [2.24, 2.45) is 4.99 Å². The smallest absolute Gasteiger partial charge is 0.262 e. The predicted molar refractivity (Wildman–Crippen MR) is 148 cm³/mol. The van der Waals surface area contributed by atoms with Gasteiger partial charge in [-0.25, -0.2) is 0 Å². The van der Waals surface area contributed by atoms with Crippen LogP contribution in [-0.2, 0) is 11.2 Å². The molecule has 0 radical (unpaired) electrons. The Morgan fingerprint density at radius 1 is 1.18 bits per heavy atom. The van der Waals surface area contributed by atoms with E-state index in [0.29, 0.717) is 29.2 Å². The molecule has 0 aromatic heterocycles. The molecule has 196 valence electrons. The summed E-state index contributed by atoms with van der Waals surface area (Å²) in [6.45, 7) is 0.0265. The van der Waals surface area contributed by atoms with Gasteiger partial charge in [-0.15, -0.1) is 0 Å². The summed E-state index contributed by atoms with van der Waals surface area (Å²) < 4.78 is 11.4. The van der Waals surface area contributed by atoms with E-state index in [2.05, 4.69) is 52.8 Å². The van der Waals surface area contributed by atoms with Crippen molar-refractivity contribution in [3.8, 4) is 11.5 Å². The number of carbonyl (C=O) groups is 2.